The second-order valence-corrected chi connectivity index (χ2v) is 10.4. The van der Waals surface area contributed by atoms with Crippen LogP contribution in [0.4, 0.5) is 4.79 Å². The predicted octanol–water partition coefficient (Wildman–Crippen LogP) is 4.59. The second-order valence-electron chi connectivity index (χ2n) is 10.4. The van der Waals surface area contributed by atoms with Crippen LogP contribution in [0.3, 0.4) is 0 Å². The first kappa shape index (κ1) is 28.1. The zero-order chi connectivity index (χ0) is 28.1. The quantitative estimate of drug-likeness (QED) is 0.430. The van der Waals surface area contributed by atoms with Crippen LogP contribution >= 0.6 is 0 Å². The SMILES string of the molecule is CCCN(C(=O)C(C1CCCC1)N(C)C(=O)OCC1c2ccccc2-c2ccccc21)[C@@H](CC(=O)O)C(=O)O. The summed E-state index contributed by atoms with van der Waals surface area (Å²) in [6.07, 6.45) is 2.30. The molecule has 0 aromatic heterocycles. The Bertz CT molecular complexity index is 1180. The molecule has 1 unspecified atom stereocenters. The van der Waals surface area contributed by atoms with Crippen LogP contribution in [0, 0.1) is 5.92 Å². The van der Waals surface area contributed by atoms with Gasteiger partial charge in [-0.1, -0.05) is 68.3 Å². The summed E-state index contributed by atoms with van der Waals surface area (Å²) >= 11 is 0. The number of ether oxygens (including phenoxy) is 1. The molecule has 0 bridgehead atoms. The Hall–Kier alpha value is -3.88. The predicted molar refractivity (Wildman–Crippen MR) is 144 cm³/mol. The molecule has 0 saturated heterocycles. The molecule has 0 spiro atoms. The van der Waals surface area contributed by atoms with Crippen LogP contribution in [-0.4, -0.2) is 76.2 Å². The lowest BCUT2D eigenvalue weighted by Gasteiger charge is -2.37. The number of carbonyl (C=O) groups is 4. The van der Waals surface area contributed by atoms with Gasteiger partial charge in [0.2, 0.25) is 5.91 Å². The number of carboxylic acids is 2. The van der Waals surface area contributed by atoms with Gasteiger partial charge in [0.05, 0.1) is 6.42 Å². The highest BCUT2D eigenvalue weighted by Crippen LogP contribution is 2.44. The van der Waals surface area contributed by atoms with Crippen LogP contribution in [0.2, 0.25) is 0 Å². The smallest absolute Gasteiger partial charge is 0.410 e. The molecule has 0 aliphatic heterocycles. The summed E-state index contributed by atoms with van der Waals surface area (Å²) in [6.45, 7) is 1.96. The monoisotopic (exact) mass is 536 g/mol. The van der Waals surface area contributed by atoms with E-state index in [2.05, 4.69) is 12.1 Å². The topological polar surface area (TPSA) is 124 Å². The fourth-order valence-corrected chi connectivity index (χ4v) is 6.09. The Morgan fingerprint density at radius 3 is 2.03 bits per heavy atom. The van der Waals surface area contributed by atoms with Crippen LogP contribution in [0.25, 0.3) is 11.1 Å². The van der Waals surface area contributed by atoms with Crippen LogP contribution in [-0.2, 0) is 19.1 Å². The standard InChI is InChI=1S/C30H36N2O7/c1-3-16-32(25(29(36)37)17-26(33)34)28(35)27(19-10-4-5-11-19)31(2)30(38)39-18-24-22-14-8-6-12-20(22)21-13-7-9-15-23(21)24/h6-9,12-15,19,24-25,27H,3-5,10-11,16-18H2,1-2H3,(H,33,34)(H,36,37)/t25-,27?/m0/s1. The fourth-order valence-electron chi connectivity index (χ4n) is 6.09. The number of hydrogen-bond donors (Lipinski definition) is 2. The van der Waals surface area contributed by atoms with Crippen LogP contribution < -0.4 is 0 Å². The minimum Gasteiger partial charge on any atom is -0.481 e. The van der Waals surface area contributed by atoms with Crippen molar-refractivity contribution < 1.29 is 34.1 Å². The molecule has 39 heavy (non-hydrogen) atoms. The Morgan fingerprint density at radius 1 is 0.949 bits per heavy atom. The third kappa shape index (κ3) is 5.92. The van der Waals surface area contributed by atoms with E-state index < -0.39 is 42.4 Å². The van der Waals surface area contributed by atoms with E-state index in [-0.39, 0.29) is 25.0 Å². The Balaban J connectivity index is 1.56. The molecule has 2 aliphatic rings. The van der Waals surface area contributed by atoms with Gasteiger partial charge in [-0.25, -0.2) is 9.59 Å². The first-order valence-corrected chi connectivity index (χ1v) is 13.6. The van der Waals surface area contributed by atoms with E-state index in [9.17, 15) is 29.4 Å². The zero-order valence-electron chi connectivity index (χ0n) is 22.4. The van der Waals surface area contributed by atoms with Crippen molar-refractivity contribution in [3.05, 3.63) is 59.7 Å². The number of amides is 2. The Morgan fingerprint density at radius 2 is 1.51 bits per heavy atom. The Labute approximate surface area is 228 Å². The van der Waals surface area contributed by atoms with Crippen molar-refractivity contribution in [3.8, 4) is 11.1 Å². The van der Waals surface area contributed by atoms with E-state index in [1.54, 1.807) is 6.92 Å². The van der Waals surface area contributed by atoms with Crippen LogP contribution in [0.1, 0.15) is 62.5 Å². The summed E-state index contributed by atoms with van der Waals surface area (Å²) in [5.74, 6) is -3.54. The lowest BCUT2D eigenvalue weighted by atomic mass is 9.94. The average molecular weight is 537 g/mol. The van der Waals surface area contributed by atoms with Gasteiger partial charge < -0.3 is 19.8 Å². The summed E-state index contributed by atoms with van der Waals surface area (Å²) < 4.78 is 5.81. The average Bonchev–Trinajstić information content (AvgIpc) is 3.55. The van der Waals surface area contributed by atoms with Crippen molar-refractivity contribution in [3.63, 3.8) is 0 Å². The number of carboxylic acid groups (broad SMARTS) is 2. The highest BCUT2D eigenvalue weighted by Gasteiger charge is 2.42. The maximum absolute atomic E-state index is 13.9. The molecule has 2 atom stereocenters. The van der Waals surface area contributed by atoms with Gasteiger partial charge in [0.15, 0.2) is 0 Å². The number of hydrogen-bond acceptors (Lipinski definition) is 5. The van der Waals surface area contributed by atoms with Crippen LogP contribution in [0.15, 0.2) is 48.5 Å². The van der Waals surface area contributed by atoms with Crippen LogP contribution in [0.5, 0.6) is 0 Å². The highest BCUT2D eigenvalue weighted by atomic mass is 16.6. The molecule has 2 aromatic carbocycles. The molecular formula is C30H36N2O7. The molecule has 9 heteroatoms. The molecule has 208 valence electrons. The molecule has 2 aromatic rings. The number of rotatable bonds is 11. The number of nitrogens with zero attached hydrogens (tertiary/aromatic N) is 2. The molecule has 9 nitrogen and oxygen atoms in total. The third-order valence-corrected chi connectivity index (χ3v) is 7.92. The molecule has 1 fully saturated rings. The fraction of sp³-hybridized carbons (Fsp3) is 0.467. The van der Waals surface area contributed by atoms with E-state index in [1.165, 1.54) is 11.9 Å². The number of likely N-dealkylation sites (N-methyl/N-ethyl adjacent to an activating group) is 1. The zero-order valence-corrected chi connectivity index (χ0v) is 22.4. The molecule has 0 heterocycles. The summed E-state index contributed by atoms with van der Waals surface area (Å²) in [7, 11) is 1.51. The van der Waals surface area contributed by atoms with Gasteiger partial charge in [0.25, 0.3) is 0 Å². The molecule has 2 aliphatic carbocycles. The van der Waals surface area contributed by atoms with Crippen molar-refractivity contribution >= 4 is 23.9 Å². The lowest BCUT2D eigenvalue weighted by Crippen LogP contribution is -2.57. The minimum absolute atomic E-state index is 0.0742. The van der Waals surface area contributed by atoms with Gasteiger partial charge in [0.1, 0.15) is 18.7 Å². The number of benzene rings is 2. The summed E-state index contributed by atoms with van der Waals surface area (Å²) in [5.41, 5.74) is 4.36. The maximum Gasteiger partial charge on any atom is 0.410 e. The maximum atomic E-state index is 13.9. The minimum atomic E-state index is -1.52. The van der Waals surface area contributed by atoms with Gasteiger partial charge in [0, 0.05) is 19.5 Å². The van der Waals surface area contributed by atoms with E-state index in [4.69, 9.17) is 4.74 Å². The first-order chi connectivity index (χ1) is 18.7. The molecule has 2 amide bonds. The van der Waals surface area contributed by atoms with Crippen molar-refractivity contribution in [2.45, 2.75) is 63.5 Å². The molecule has 0 radical (unpaired) electrons. The van der Waals surface area contributed by atoms with Gasteiger partial charge in [-0.05, 0) is 47.4 Å². The summed E-state index contributed by atoms with van der Waals surface area (Å²) in [6, 6.07) is 13.6. The normalized spacial score (nSPS) is 16.2. The van der Waals surface area contributed by atoms with Gasteiger partial charge >= 0.3 is 18.0 Å². The van der Waals surface area contributed by atoms with E-state index in [0.29, 0.717) is 19.3 Å². The van der Waals surface area contributed by atoms with Crippen molar-refractivity contribution in [2.75, 3.05) is 20.2 Å². The first-order valence-electron chi connectivity index (χ1n) is 13.6. The second kappa shape index (κ2) is 12.3. The van der Waals surface area contributed by atoms with Crippen molar-refractivity contribution in [1.29, 1.82) is 0 Å². The Kier molecular flexibility index (Phi) is 8.89. The molecular weight excluding hydrogens is 500 g/mol. The van der Waals surface area contributed by atoms with Crippen molar-refractivity contribution in [1.82, 2.24) is 9.80 Å². The number of aliphatic carboxylic acids is 2. The molecule has 4 rings (SSSR count). The van der Waals surface area contributed by atoms with Gasteiger partial charge in [-0.15, -0.1) is 0 Å². The number of carbonyl (C=O) groups excluding carboxylic acids is 2. The van der Waals surface area contributed by atoms with Crippen molar-refractivity contribution in [2.24, 2.45) is 5.92 Å². The van der Waals surface area contributed by atoms with E-state index >= 15 is 0 Å². The third-order valence-electron chi connectivity index (χ3n) is 7.92. The van der Waals surface area contributed by atoms with E-state index in [0.717, 1.165) is 40.0 Å². The lowest BCUT2D eigenvalue weighted by molar-refractivity contribution is -0.156. The summed E-state index contributed by atoms with van der Waals surface area (Å²) in [5, 5.41) is 19.1. The molecule has 1 saturated carbocycles. The highest BCUT2D eigenvalue weighted by molar-refractivity contribution is 5.91. The largest absolute Gasteiger partial charge is 0.481 e. The molecule has 2 N–H and O–H groups in total. The van der Waals surface area contributed by atoms with Gasteiger partial charge in [-0.3, -0.25) is 14.5 Å². The summed E-state index contributed by atoms with van der Waals surface area (Å²) in [4.78, 5) is 53.1. The number of fused-ring (bicyclic) bond motifs is 3. The van der Waals surface area contributed by atoms with E-state index in [1.807, 2.05) is 36.4 Å². The van der Waals surface area contributed by atoms with Gasteiger partial charge in [-0.2, -0.15) is 0 Å².